The van der Waals surface area contributed by atoms with Crippen molar-refractivity contribution in [3.05, 3.63) is 42.0 Å². The molecule has 5 nitrogen and oxygen atoms in total. The molecule has 2 rings (SSSR count). The molecule has 2 N–H and O–H groups in total. The minimum Gasteiger partial charge on any atom is -0.494 e. The van der Waals surface area contributed by atoms with Gasteiger partial charge < -0.3 is 10.1 Å². The van der Waals surface area contributed by atoms with Gasteiger partial charge in [0, 0.05) is 12.1 Å². The molecule has 0 saturated carbocycles. The highest BCUT2D eigenvalue weighted by atomic mass is 16.5. The minimum atomic E-state index is 0.667. The average molecular weight is 232 g/mol. The first-order valence-corrected chi connectivity index (χ1v) is 5.66. The van der Waals surface area contributed by atoms with E-state index in [1.165, 1.54) is 6.33 Å². The van der Waals surface area contributed by atoms with E-state index < -0.39 is 0 Å². The predicted octanol–water partition coefficient (Wildman–Crippen LogP) is 1.49. The van der Waals surface area contributed by atoms with Crippen molar-refractivity contribution >= 4 is 0 Å². The largest absolute Gasteiger partial charge is 0.494 e. The molecule has 1 aromatic carbocycles. The maximum Gasteiger partial charge on any atom is 0.138 e. The number of aromatic nitrogens is 3. The van der Waals surface area contributed by atoms with Gasteiger partial charge in [-0.1, -0.05) is 18.2 Å². The first kappa shape index (κ1) is 11.6. The second kappa shape index (κ2) is 6.00. The van der Waals surface area contributed by atoms with Crippen molar-refractivity contribution in [1.29, 1.82) is 0 Å². The summed E-state index contributed by atoms with van der Waals surface area (Å²) >= 11 is 0. The van der Waals surface area contributed by atoms with E-state index in [-0.39, 0.29) is 0 Å². The Bertz CT molecular complexity index is 442. The molecule has 0 fully saturated rings. The quantitative estimate of drug-likeness (QED) is 0.792. The molecule has 0 saturated heterocycles. The highest BCUT2D eigenvalue weighted by Gasteiger charge is 2.02. The van der Waals surface area contributed by atoms with Crippen LogP contribution in [0.2, 0.25) is 0 Å². The van der Waals surface area contributed by atoms with Gasteiger partial charge in [-0.05, 0) is 13.0 Å². The molecule has 90 valence electrons. The zero-order valence-electron chi connectivity index (χ0n) is 9.81. The Kier molecular flexibility index (Phi) is 4.10. The van der Waals surface area contributed by atoms with Crippen molar-refractivity contribution in [3.8, 4) is 5.75 Å². The summed E-state index contributed by atoms with van der Waals surface area (Å²) in [6.45, 7) is 4.08. The third-order valence-corrected chi connectivity index (χ3v) is 2.35. The number of H-pyrrole nitrogens is 1. The lowest BCUT2D eigenvalue weighted by Gasteiger charge is -2.10. The average Bonchev–Trinajstić information content (AvgIpc) is 2.85. The summed E-state index contributed by atoms with van der Waals surface area (Å²) in [5.74, 6) is 1.76. The zero-order chi connectivity index (χ0) is 11.9. The molecule has 0 aliphatic rings. The molecule has 1 heterocycles. The van der Waals surface area contributed by atoms with Gasteiger partial charge in [-0.25, -0.2) is 4.98 Å². The van der Waals surface area contributed by atoms with Crippen LogP contribution in [0.1, 0.15) is 18.3 Å². The summed E-state index contributed by atoms with van der Waals surface area (Å²) in [7, 11) is 0. The van der Waals surface area contributed by atoms with Crippen LogP contribution in [0.5, 0.6) is 5.75 Å². The normalized spacial score (nSPS) is 10.4. The summed E-state index contributed by atoms with van der Waals surface area (Å²) in [6, 6.07) is 8.02. The van der Waals surface area contributed by atoms with Crippen molar-refractivity contribution in [2.45, 2.75) is 20.0 Å². The second-order valence-corrected chi connectivity index (χ2v) is 3.58. The van der Waals surface area contributed by atoms with Crippen LogP contribution < -0.4 is 10.1 Å². The van der Waals surface area contributed by atoms with Crippen LogP contribution in [0.25, 0.3) is 0 Å². The number of nitrogens with one attached hydrogen (secondary N) is 2. The van der Waals surface area contributed by atoms with E-state index in [2.05, 4.69) is 26.6 Å². The van der Waals surface area contributed by atoms with Gasteiger partial charge in [0.25, 0.3) is 0 Å². The number of para-hydroxylation sites is 1. The smallest absolute Gasteiger partial charge is 0.138 e. The van der Waals surface area contributed by atoms with E-state index >= 15 is 0 Å². The minimum absolute atomic E-state index is 0.667. The van der Waals surface area contributed by atoms with Crippen LogP contribution in [-0.2, 0) is 13.1 Å². The van der Waals surface area contributed by atoms with Crippen molar-refractivity contribution < 1.29 is 4.74 Å². The molecular weight excluding hydrogens is 216 g/mol. The number of nitrogens with zero attached hydrogens (tertiary/aromatic N) is 2. The topological polar surface area (TPSA) is 62.8 Å². The van der Waals surface area contributed by atoms with Gasteiger partial charge in [0.15, 0.2) is 0 Å². The van der Waals surface area contributed by atoms with Crippen LogP contribution in [-0.4, -0.2) is 21.8 Å². The van der Waals surface area contributed by atoms with Crippen molar-refractivity contribution in [2.24, 2.45) is 0 Å². The zero-order valence-corrected chi connectivity index (χ0v) is 9.81. The van der Waals surface area contributed by atoms with Crippen LogP contribution >= 0.6 is 0 Å². The van der Waals surface area contributed by atoms with Gasteiger partial charge in [-0.3, -0.25) is 5.10 Å². The Hall–Kier alpha value is -1.88. The predicted molar refractivity (Wildman–Crippen MR) is 64.5 cm³/mol. The molecular formula is C12H16N4O. The van der Waals surface area contributed by atoms with E-state index in [0.29, 0.717) is 13.2 Å². The van der Waals surface area contributed by atoms with E-state index in [1.807, 2.05) is 25.1 Å². The second-order valence-electron chi connectivity index (χ2n) is 3.58. The van der Waals surface area contributed by atoms with Gasteiger partial charge in [0.05, 0.1) is 13.2 Å². The van der Waals surface area contributed by atoms with Gasteiger partial charge in [0.1, 0.15) is 17.9 Å². The van der Waals surface area contributed by atoms with Crippen molar-refractivity contribution in [3.63, 3.8) is 0 Å². The molecule has 0 bridgehead atoms. The lowest BCUT2D eigenvalue weighted by molar-refractivity contribution is 0.335. The van der Waals surface area contributed by atoms with Crippen LogP contribution in [0.3, 0.4) is 0 Å². The van der Waals surface area contributed by atoms with Gasteiger partial charge in [-0.15, -0.1) is 0 Å². The fraction of sp³-hybridized carbons (Fsp3) is 0.333. The monoisotopic (exact) mass is 232 g/mol. The van der Waals surface area contributed by atoms with Gasteiger partial charge in [-0.2, -0.15) is 5.10 Å². The molecule has 0 aliphatic heterocycles. The number of hydrogen-bond acceptors (Lipinski definition) is 4. The molecule has 1 aromatic heterocycles. The van der Waals surface area contributed by atoms with E-state index in [4.69, 9.17) is 4.74 Å². The van der Waals surface area contributed by atoms with Crippen LogP contribution in [0.4, 0.5) is 0 Å². The Labute approximate surface area is 100 Å². The number of hydrogen-bond donors (Lipinski definition) is 2. The summed E-state index contributed by atoms with van der Waals surface area (Å²) in [5, 5.41) is 9.89. The van der Waals surface area contributed by atoms with Crippen molar-refractivity contribution in [2.75, 3.05) is 6.61 Å². The molecule has 0 unspecified atom stereocenters. The fourth-order valence-corrected chi connectivity index (χ4v) is 1.58. The number of ether oxygens (including phenoxy) is 1. The van der Waals surface area contributed by atoms with E-state index in [0.717, 1.165) is 23.7 Å². The maximum atomic E-state index is 5.55. The molecule has 0 atom stereocenters. The SMILES string of the molecule is CCOc1ccccc1CNCc1ncn[nH]1. The van der Waals surface area contributed by atoms with Crippen LogP contribution in [0, 0.1) is 0 Å². The first-order chi connectivity index (χ1) is 8.40. The molecule has 17 heavy (non-hydrogen) atoms. The summed E-state index contributed by atoms with van der Waals surface area (Å²) in [6.07, 6.45) is 1.51. The van der Waals surface area contributed by atoms with Crippen LogP contribution in [0.15, 0.2) is 30.6 Å². The highest BCUT2D eigenvalue weighted by molar-refractivity contribution is 5.33. The van der Waals surface area contributed by atoms with E-state index in [1.54, 1.807) is 0 Å². The summed E-state index contributed by atoms with van der Waals surface area (Å²) in [5.41, 5.74) is 1.15. The lowest BCUT2D eigenvalue weighted by atomic mass is 10.2. The Morgan fingerprint density at radius 2 is 2.18 bits per heavy atom. The van der Waals surface area contributed by atoms with Crippen molar-refractivity contribution in [1.82, 2.24) is 20.5 Å². The summed E-state index contributed by atoms with van der Waals surface area (Å²) in [4.78, 5) is 4.05. The standard InChI is InChI=1S/C12H16N4O/c1-2-17-11-6-4-3-5-10(11)7-13-8-12-14-9-15-16-12/h3-6,9,13H,2,7-8H2,1H3,(H,14,15,16). The maximum absolute atomic E-state index is 5.55. The Morgan fingerprint density at radius 3 is 2.94 bits per heavy atom. The third-order valence-electron chi connectivity index (χ3n) is 2.35. The lowest BCUT2D eigenvalue weighted by Crippen LogP contribution is -2.14. The first-order valence-electron chi connectivity index (χ1n) is 5.66. The molecule has 0 aliphatic carbocycles. The van der Waals surface area contributed by atoms with Gasteiger partial charge >= 0.3 is 0 Å². The van der Waals surface area contributed by atoms with E-state index in [9.17, 15) is 0 Å². The number of rotatable bonds is 6. The Morgan fingerprint density at radius 1 is 1.29 bits per heavy atom. The third kappa shape index (κ3) is 3.29. The molecule has 0 amide bonds. The fourth-order valence-electron chi connectivity index (χ4n) is 1.58. The molecule has 0 spiro atoms. The highest BCUT2D eigenvalue weighted by Crippen LogP contribution is 2.17. The Balaban J connectivity index is 1.89. The van der Waals surface area contributed by atoms with Gasteiger partial charge in [0.2, 0.25) is 0 Å². The summed E-state index contributed by atoms with van der Waals surface area (Å²) < 4.78 is 5.55. The molecule has 2 aromatic rings. The molecule has 0 radical (unpaired) electrons. The number of benzene rings is 1. The number of aromatic amines is 1. The molecule has 5 heteroatoms.